The first-order valence-corrected chi connectivity index (χ1v) is 12.9. The lowest BCUT2D eigenvalue weighted by Crippen LogP contribution is -2.24. The Hall–Kier alpha value is -0.790. The summed E-state index contributed by atoms with van der Waals surface area (Å²) in [5.41, 5.74) is 1.55. The van der Waals surface area contributed by atoms with E-state index in [0.717, 1.165) is 34.1 Å². The van der Waals surface area contributed by atoms with Gasteiger partial charge in [0.25, 0.3) is 5.22 Å². The number of carbonyl (C=O) groups is 1. The molecule has 150 valence electrons. The van der Waals surface area contributed by atoms with Gasteiger partial charge in [0.05, 0.1) is 0 Å². The zero-order chi connectivity index (χ0) is 19.3. The van der Waals surface area contributed by atoms with Crippen molar-refractivity contribution in [3.05, 3.63) is 24.3 Å². The maximum absolute atomic E-state index is 12.3. The van der Waals surface area contributed by atoms with Crippen LogP contribution in [0.15, 0.2) is 33.9 Å². The van der Waals surface area contributed by atoms with Crippen molar-refractivity contribution >= 4 is 52.4 Å². The van der Waals surface area contributed by atoms with Gasteiger partial charge in [-0.3, -0.25) is 4.79 Å². The maximum Gasteiger partial charge on any atom is 0.316 e. The van der Waals surface area contributed by atoms with Crippen LogP contribution in [-0.4, -0.2) is 45.8 Å². The molecule has 0 spiro atoms. The third-order valence-electron chi connectivity index (χ3n) is 3.78. The Balaban J connectivity index is 1.77. The highest BCUT2D eigenvalue weighted by atomic mass is 32.2. The summed E-state index contributed by atoms with van der Waals surface area (Å²) in [4.78, 5) is 16.7. The van der Waals surface area contributed by atoms with Crippen LogP contribution in [0.3, 0.4) is 0 Å². The van der Waals surface area contributed by atoms with Gasteiger partial charge in [-0.1, -0.05) is 50.6 Å². The number of hydrogen-bond donors (Lipinski definition) is 0. The summed E-state index contributed by atoms with van der Waals surface area (Å²) in [6.07, 6.45) is 4.79. The fraction of sp³-hybridized carbons (Fsp3) is 0.600. The zero-order valence-corrected chi connectivity index (χ0v) is 18.6. The molecule has 2 aromatic rings. The first-order valence-electron chi connectivity index (χ1n) is 9.56. The lowest BCUT2D eigenvalue weighted by molar-refractivity contribution is -0.143. The van der Waals surface area contributed by atoms with Crippen LogP contribution < -0.4 is 0 Å². The number of rotatable bonds is 14. The van der Waals surface area contributed by atoms with Gasteiger partial charge < -0.3 is 9.15 Å². The van der Waals surface area contributed by atoms with Crippen LogP contribution in [0.5, 0.6) is 0 Å². The number of carbonyl (C=O) groups excluding carboxylic acids is 1. The molecule has 0 saturated carbocycles. The topological polar surface area (TPSA) is 52.3 Å². The van der Waals surface area contributed by atoms with E-state index in [9.17, 15) is 4.79 Å². The minimum absolute atomic E-state index is 0.0227. The average molecular weight is 428 g/mol. The molecular weight excluding hydrogens is 398 g/mol. The Morgan fingerprint density at radius 3 is 2.41 bits per heavy atom. The smallest absolute Gasteiger partial charge is 0.316 e. The molecule has 0 saturated heterocycles. The first kappa shape index (κ1) is 22.5. The lowest BCUT2D eigenvalue weighted by Gasteiger charge is -2.17. The van der Waals surface area contributed by atoms with Crippen molar-refractivity contribution in [3.63, 3.8) is 0 Å². The van der Waals surface area contributed by atoms with Crippen molar-refractivity contribution in [2.45, 2.75) is 50.9 Å². The van der Waals surface area contributed by atoms with Crippen molar-refractivity contribution in [3.8, 4) is 0 Å². The third kappa shape index (κ3) is 8.83. The zero-order valence-electron chi connectivity index (χ0n) is 16.1. The Labute approximate surface area is 175 Å². The maximum atomic E-state index is 12.3. The number of thioether (sulfide) groups is 3. The minimum Gasteiger partial charge on any atom is -0.460 e. The third-order valence-corrected chi connectivity index (χ3v) is 6.95. The molecule has 1 aromatic heterocycles. The van der Waals surface area contributed by atoms with Crippen LogP contribution in [0.25, 0.3) is 11.1 Å². The molecule has 0 amide bonds. The molecule has 0 aliphatic rings. The van der Waals surface area contributed by atoms with Crippen LogP contribution in [0.1, 0.15) is 39.5 Å². The van der Waals surface area contributed by atoms with E-state index in [4.69, 9.17) is 9.15 Å². The summed E-state index contributed by atoms with van der Waals surface area (Å²) >= 11 is 5.06. The number of hydrogen-bond acceptors (Lipinski definition) is 7. The number of oxazole rings is 1. The highest BCUT2D eigenvalue weighted by Crippen LogP contribution is 2.23. The molecule has 2 rings (SSSR count). The summed E-state index contributed by atoms with van der Waals surface area (Å²) in [5.74, 6) is 4.03. The monoisotopic (exact) mass is 427 g/mol. The molecule has 0 aliphatic heterocycles. The molecule has 0 aliphatic carbocycles. The highest BCUT2D eigenvalue weighted by molar-refractivity contribution is 8.00. The summed E-state index contributed by atoms with van der Waals surface area (Å²) in [6.45, 7) is 4.39. The van der Waals surface area contributed by atoms with E-state index in [1.54, 1.807) is 0 Å². The lowest BCUT2D eigenvalue weighted by atomic mass is 10.3. The summed E-state index contributed by atoms with van der Waals surface area (Å²) < 4.78 is 11.4. The van der Waals surface area contributed by atoms with E-state index >= 15 is 0 Å². The van der Waals surface area contributed by atoms with Gasteiger partial charge in [-0.2, -0.15) is 23.5 Å². The fourth-order valence-electron chi connectivity index (χ4n) is 2.29. The van der Waals surface area contributed by atoms with Gasteiger partial charge in [0.1, 0.15) is 17.4 Å². The molecule has 0 fully saturated rings. The van der Waals surface area contributed by atoms with Crippen molar-refractivity contribution in [2.24, 2.45) is 0 Å². The van der Waals surface area contributed by atoms with E-state index in [-0.39, 0.29) is 17.8 Å². The van der Waals surface area contributed by atoms with Crippen LogP contribution in [-0.2, 0) is 9.53 Å². The molecule has 0 unspecified atom stereocenters. The summed E-state index contributed by atoms with van der Waals surface area (Å²) in [5, 5.41) is 0.513. The molecular formula is C20H29NO3S3. The number of esters is 1. The van der Waals surface area contributed by atoms with E-state index in [1.165, 1.54) is 37.4 Å². The van der Waals surface area contributed by atoms with Crippen LogP contribution >= 0.6 is 35.3 Å². The SMILES string of the molecule is CCCCSCC(CSCCCC)OC(=O)CSc1nc2ccccc2o1. The minimum atomic E-state index is -0.195. The Bertz CT molecular complexity index is 632. The molecule has 1 heterocycles. The number of benzene rings is 1. The second kappa shape index (κ2) is 13.4. The number of fused-ring (bicyclic) bond motifs is 1. The Morgan fingerprint density at radius 1 is 1.11 bits per heavy atom. The number of para-hydroxylation sites is 2. The predicted octanol–water partition coefficient (Wildman–Crippen LogP) is 5.90. The molecule has 0 N–H and O–H groups in total. The number of ether oxygens (including phenoxy) is 1. The molecule has 0 radical (unpaired) electrons. The molecule has 0 atom stereocenters. The van der Waals surface area contributed by atoms with Crippen molar-refractivity contribution in [1.82, 2.24) is 4.98 Å². The second-order valence-corrected chi connectivity index (χ2v) is 9.43. The van der Waals surface area contributed by atoms with E-state index in [2.05, 4.69) is 18.8 Å². The molecule has 1 aromatic carbocycles. The largest absolute Gasteiger partial charge is 0.460 e. The molecule has 0 bridgehead atoms. The van der Waals surface area contributed by atoms with Gasteiger partial charge in [-0.25, -0.2) is 4.98 Å². The summed E-state index contributed by atoms with van der Waals surface area (Å²) in [7, 11) is 0. The number of nitrogens with zero attached hydrogens (tertiary/aromatic N) is 1. The standard InChI is InChI=1S/C20H29NO3S3/c1-3-5-11-25-13-16(14-26-12-6-4-2)23-19(22)15-27-20-21-17-9-7-8-10-18(17)24-20/h7-10,16H,3-6,11-15H2,1-2H3. The average Bonchev–Trinajstić information content (AvgIpc) is 3.09. The second-order valence-electron chi connectivity index (χ2n) is 6.20. The molecule has 27 heavy (non-hydrogen) atoms. The van der Waals surface area contributed by atoms with E-state index in [1.807, 2.05) is 47.8 Å². The number of unbranched alkanes of at least 4 members (excludes halogenated alkanes) is 2. The van der Waals surface area contributed by atoms with Crippen molar-refractivity contribution in [1.29, 1.82) is 0 Å². The van der Waals surface area contributed by atoms with Gasteiger partial charge in [0.15, 0.2) is 5.58 Å². The van der Waals surface area contributed by atoms with Crippen molar-refractivity contribution in [2.75, 3.05) is 28.8 Å². The highest BCUT2D eigenvalue weighted by Gasteiger charge is 2.16. The fourth-order valence-corrected chi connectivity index (χ4v) is 5.28. The van der Waals surface area contributed by atoms with Crippen LogP contribution in [0.4, 0.5) is 0 Å². The quantitative estimate of drug-likeness (QED) is 0.211. The summed E-state index contributed by atoms with van der Waals surface area (Å²) in [6, 6.07) is 7.61. The molecule has 4 nitrogen and oxygen atoms in total. The van der Waals surface area contributed by atoms with Crippen molar-refractivity contribution < 1.29 is 13.9 Å². The van der Waals surface area contributed by atoms with Gasteiger partial charge in [0, 0.05) is 11.5 Å². The van der Waals surface area contributed by atoms with Gasteiger partial charge >= 0.3 is 5.97 Å². The van der Waals surface area contributed by atoms with Crippen LogP contribution in [0, 0.1) is 0 Å². The number of aromatic nitrogens is 1. The van der Waals surface area contributed by atoms with Gasteiger partial charge in [0.2, 0.25) is 0 Å². The molecule has 7 heteroatoms. The van der Waals surface area contributed by atoms with Gasteiger partial charge in [-0.05, 0) is 36.5 Å². The van der Waals surface area contributed by atoms with Crippen LogP contribution in [0.2, 0.25) is 0 Å². The van der Waals surface area contributed by atoms with E-state index < -0.39 is 0 Å². The Kier molecular flexibility index (Phi) is 11.2. The normalized spacial score (nSPS) is 11.4. The Morgan fingerprint density at radius 2 is 1.78 bits per heavy atom. The van der Waals surface area contributed by atoms with Gasteiger partial charge in [-0.15, -0.1) is 0 Å². The van der Waals surface area contributed by atoms with E-state index in [0.29, 0.717) is 5.22 Å². The predicted molar refractivity (Wildman–Crippen MR) is 119 cm³/mol. The first-order chi connectivity index (χ1) is 13.2.